The Balaban J connectivity index is 0. The van der Waals surface area contributed by atoms with Crippen LogP contribution in [0.3, 0.4) is 0 Å². The van der Waals surface area contributed by atoms with E-state index in [0.717, 1.165) is 7.11 Å². The van der Waals surface area contributed by atoms with Crippen LogP contribution in [0.15, 0.2) is 0 Å². The third-order valence-corrected chi connectivity index (χ3v) is 1.37. The molecule has 100 valence electrons. The lowest BCUT2D eigenvalue weighted by atomic mass is 10.3. The van der Waals surface area contributed by atoms with E-state index in [4.69, 9.17) is 0 Å². The van der Waals surface area contributed by atoms with E-state index < -0.39 is 34.8 Å². The van der Waals surface area contributed by atoms with Crippen molar-refractivity contribution in [3.63, 3.8) is 0 Å². The molecule has 0 aromatic heterocycles. The first-order chi connectivity index (χ1) is 8.00. The van der Waals surface area contributed by atoms with Gasteiger partial charge in [-0.05, 0) is 0 Å². The first kappa shape index (κ1) is 18.0. The molecule has 0 heterocycles. The predicted octanol–water partition coefficient (Wildman–Crippen LogP) is 4.44. The van der Waals surface area contributed by atoms with E-state index in [1.807, 2.05) is 27.7 Å². The highest BCUT2D eigenvalue weighted by atomic mass is 19.2. The normalized spacial score (nSPS) is 8.59. The maximum Gasteiger partial charge on any atom is 0.206 e. The van der Waals surface area contributed by atoms with Crippen molar-refractivity contribution in [2.75, 3.05) is 7.11 Å². The average Bonchev–Trinajstić information content (AvgIpc) is 2.39. The van der Waals surface area contributed by atoms with E-state index in [1.54, 1.807) is 0 Å². The zero-order valence-corrected chi connectivity index (χ0v) is 10.3. The number of methoxy groups -OCH3 is 1. The third-order valence-electron chi connectivity index (χ3n) is 1.37. The van der Waals surface area contributed by atoms with Crippen molar-refractivity contribution in [2.45, 2.75) is 27.7 Å². The van der Waals surface area contributed by atoms with Crippen LogP contribution in [0.1, 0.15) is 27.7 Å². The molecule has 0 bridgehead atoms. The molecular formula is C11H15F5O. The lowest BCUT2D eigenvalue weighted by Crippen LogP contribution is -2.04. The number of halogens is 5. The number of rotatable bonds is 1. The Morgan fingerprint density at radius 2 is 0.824 bits per heavy atom. The molecule has 0 aliphatic carbocycles. The van der Waals surface area contributed by atoms with Gasteiger partial charge >= 0.3 is 0 Å². The summed E-state index contributed by atoms with van der Waals surface area (Å²) in [5, 5.41) is 0. The summed E-state index contributed by atoms with van der Waals surface area (Å²) in [7, 11) is 0.804. The fraction of sp³-hybridized carbons (Fsp3) is 0.455. The Bertz CT molecular complexity index is 323. The van der Waals surface area contributed by atoms with Crippen LogP contribution in [0, 0.1) is 29.1 Å². The molecule has 0 spiro atoms. The highest BCUT2D eigenvalue weighted by Gasteiger charge is 2.26. The summed E-state index contributed by atoms with van der Waals surface area (Å²) in [6.07, 6.45) is 0. The Morgan fingerprint density at radius 3 is 1.06 bits per heavy atom. The second-order valence-electron chi connectivity index (χ2n) is 2.10. The van der Waals surface area contributed by atoms with Gasteiger partial charge < -0.3 is 4.74 Å². The van der Waals surface area contributed by atoms with Gasteiger partial charge in [0, 0.05) is 0 Å². The maximum atomic E-state index is 12.6. The lowest BCUT2D eigenvalue weighted by molar-refractivity contribution is 0.310. The quantitative estimate of drug-likeness (QED) is 0.411. The summed E-state index contributed by atoms with van der Waals surface area (Å²) in [6.45, 7) is 8.00. The lowest BCUT2D eigenvalue weighted by Gasteiger charge is -2.05. The topological polar surface area (TPSA) is 9.23 Å². The molecular weight excluding hydrogens is 243 g/mol. The molecule has 0 N–H and O–H groups in total. The maximum absolute atomic E-state index is 12.6. The summed E-state index contributed by atoms with van der Waals surface area (Å²) in [5.74, 6) is -11.5. The Kier molecular flexibility index (Phi) is 9.32. The van der Waals surface area contributed by atoms with Crippen LogP contribution >= 0.6 is 0 Å². The van der Waals surface area contributed by atoms with Crippen LogP contribution in [-0.2, 0) is 0 Å². The first-order valence-corrected chi connectivity index (χ1v) is 5.06. The van der Waals surface area contributed by atoms with Gasteiger partial charge in [-0.2, -0.15) is 8.78 Å². The van der Waals surface area contributed by atoms with Crippen LogP contribution < -0.4 is 4.74 Å². The monoisotopic (exact) mass is 258 g/mol. The number of hydrogen-bond donors (Lipinski definition) is 0. The van der Waals surface area contributed by atoms with Gasteiger partial charge in [0.05, 0.1) is 7.11 Å². The van der Waals surface area contributed by atoms with Gasteiger partial charge in [-0.25, -0.2) is 13.2 Å². The molecule has 0 aliphatic heterocycles. The van der Waals surface area contributed by atoms with Crippen LogP contribution in [0.5, 0.6) is 5.75 Å². The van der Waals surface area contributed by atoms with E-state index in [1.165, 1.54) is 0 Å². The SMILES string of the molecule is CC.CC.COc1c(F)c(F)c(F)c(F)c1F. The van der Waals surface area contributed by atoms with Crippen molar-refractivity contribution in [3.8, 4) is 5.75 Å². The smallest absolute Gasteiger partial charge is 0.206 e. The number of ether oxygens (including phenoxy) is 1. The Hall–Kier alpha value is -1.33. The second kappa shape index (κ2) is 8.78. The zero-order valence-electron chi connectivity index (χ0n) is 10.3. The van der Waals surface area contributed by atoms with Crippen molar-refractivity contribution >= 4 is 0 Å². The molecule has 0 radical (unpaired) electrons. The molecule has 0 aliphatic rings. The van der Waals surface area contributed by atoms with E-state index in [9.17, 15) is 22.0 Å². The van der Waals surface area contributed by atoms with Gasteiger partial charge in [-0.1, -0.05) is 27.7 Å². The third kappa shape index (κ3) is 3.87. The van der Waals surface area contributed by atoms with Gasteiger partial charge in [0.1, 0.15) is 0 Å². The standard InChI is InChI=1S/C7H3F5O.2C2H6/c1-13-7-5(11)3(9)2(8)4(10)6(7)12;2*1-2/h1H3;2*1-2H3. The molecule has 0 atom stereocenters. The molecule has 1 nitrogen and oxygen atoms in total. The largest absolute Gasteiger partial charge is 0.491 e. The van der Waals surface area contributed by atoms with Gasteiger partial charge in [0.15, 0.2) is 5.75 Å². The molecule has 1 aromatic carbocycles. The summed E-state index contributed by atoms with van der Waals surface area (Å²) < 4.78 is 66.2. The van der Waals surface area contributed by atoms with Gasteiger partial charge in [-0.15, -0.1) is 0 Å². The minimum Gasteiger partial charge on any atom is -0.491 e. The minimum absolute atomic E-state index is 0.804. The van der Waals surface area contributed by atoms with Gasteiger partial charge in [0.25, 0.3) is 0 Å². The average molecular weight is 258 g/mol. The van der Waals surface area contributed by atoms with E-state index in [-0.39, 0.29) is 0 Å². The van der Waals surface area contributed by atoms with Crippen LogP contribution in [-0.4, -0.2) is 7.11 Å². The molecule has 0 fully saturated rings. The minimum atomic E-state index is -2.20. The Labute approximate surface area is 97.2 Å². The summed E-state index contributed by atoms with van der Waals surface area (Å²) in [5.41, 5.74) is 0. The Morgan fingerprint density at radius 1 is 0.588 bits per heavy atom. The van der Waals surface area contributed by atoms with Crippen molar-refractivity contribution in [1.29, 1.82) is 0 Å². The highest BCUT2D eigenvalue weighted by Crippen LogP contribution is 2.28. The first-order valence-electron chi connectivity index (χ1n) is 5.06. The molecule has 0 unspecified atom stereocenters. The van der Waals surface area contributed by atoms with Crippen molar-refractivity contribution in [1.82, 2.24) is 0 Å². The van der Waals surface area contributed by atoms with Crippen LogP contribution in [0.4, 0.5) is 22.0 Å². The van der Waals surface area contributed by atoms with E-state index in [2.05, 4.69) is 4.74 Å². The van der Waals surface area contributed by atoms with Gasteiger partial charge in [0.2, 0.25) is 29.1 Å². The van der Waals surface area contributed by atoms with Crippen molar-refractivity contribution in [3.05, 3.63) is 29.1 Å². The fourth-order valence-electron chi connectivity index (χ4n) is 0.764. The summed E-state index contributed by atoms with van der Waals surface area (Å²) >= 11 is 0. The molecule has 6 heteroatoms. The molecule has 17 heavy (non-hydrogen) atoms. The van der Waals surface area contributed by atoms with Crippen LogP contribution in [0.25, 0.3) is 0 Å². The molecule has 0 saturated carbocycles. The molecule has 1 rings (SSSR count). The van der Waals surface area contributed by atoms with Crippen molar-refractivity contribution in [2.24, 2.45) is 0 Å². The van der Waals surface area contributed by atoms with E-state index >= 15 is 0 Å². The fourth-order valence-corrected chi connectivity index (χ4v) is 0.764. The zero-order chi connectivity index (χ0) is 14.2. The van der Waals surface area contributed by atoms with E-state index in [0.29, 0.717) is 0 Å². The number of hydrogen-bond acceptors (Lipinski definition) is 1. The second-order valence-corrected chi connectivity index (χ2v) is 2.10. The molecule has 1 aromatic rings. The van der Waals surface area contributed by atoms with Crippen molar-refractivity contribution < 1.29 is 26.7 Å². The number of benzene rings is 1. The van der Waals surface area contributed by atoms with Gasteiger partial charge in [-0.3, -0.25) is 0 Å². The highest BCUT2D eigenvalue weighted by molar-refractivity contribution is 5.29. The molecule has 0 saturated heterocycles. The summed E-state index contributed by atoms with van der Waals surface area (Å²) in [6, 6.07) is 0. The predicted molar refractivity (Wildman–Crippen MR) is 55.5 cm³/mol. The summed E-state index contributed by atoms with van der Waals surface area (Å²) in [4.78, 5) is 0. The molecule has 0 amide bonds. The van der Waals surface area contributed by atoms with Crippen LogP contribution in [0.2, 0.25) is 0 Å².